The first-order valence-corrected chi connectivity index (χ1v) is 6.42. The third kappa shape index (κ3) is 6.23. The zero-order valence-electron chi connectivity index (χ0n) is 10.9. The van der Waals surface area contributed by atoms with Gasteiger partial charge < -0.3 is 21.1 Å². The normalized spacial score (nSPS) is 9.35. The summed E-state index contributed by atoms with van der Waals surface area (Å²) in [5.74, 6) is 0.0985. The molecule has 0 atom stereocenters. The minimum Gasteiger partial charge on any atom is -0.496 e. The van der Waals surface area contributed by atoms with Gasteiger partial charge in [-0.1, -0.05) is 6.07 Å². The Morgan fingerprint density at radius 2 is 2.00 bits per heavy atom. The topological polar surface area (TPSA) is 93.5 Å². The van der Waals surface area contributed by atoms with Crippen LogP contribution in [0.15, 0.2) is 22.7 Å². The van der Waals surface area contributed by atoms with Crippen molar-refractivity contribution in [2.24, 2.45) is 5.73 Å². The Kier molecular flexibility index (Phi) is 8.94. The number of halogens is 2. The number of ether oxygens (including phenoxy) is 1. The first-order valence-electron chi connectivity index (χ1n) is 5.62. The van der Waals surface area contributed by atoms with Crippen LogP contribution in [0.4, 0.5) is 0 Å². The van der Waals surface area contributed by atoms with Crippen molar-refractivity contribution in [1.82, 2.24) is 10.6 Å². The van der Waals surface area contributed by atoms with Crippen molar-refractivity contribution in [2.45, 2.75) is 6.54 Å². The van der Waals surface area contributed by atoms with E-state index in [1.807, 2.05) is 18.2 Å². The van der Waals surface area contributed by atoms with Crippen LogP contribution in [0, 0.1) is 0 Å². The van der Waals surface area contributed by atoms with E-state index in [-0.39, 0.29) is 37.3 Å². The van der Waals surface area contributed by atoms with Gasteiger partial charge in [0.25, 0.3) is 0 Å². The molecule has 1 aromatic carbocycles. The van der Waals surface area contributed by atoms with Crippen LogP contribution >= 0.6 is 28.3 Å². The fraction of sp³-hybridized carbons (Fsp3) is 0.333. The van der Waals surface area contributed by atoms with Crippen molar-refractivity contribution in [1.29, 1.82) is 0 Å². The predicted octanol–water partition coefficient (Wildman–Crippen LogP) is 0.571. The summed E-state index contributed by atoms with van der Waals surface area (Å²) >= 11 is 3.36. The van der Waals surface area contributed by atoms with Gasteiger partial charge in [-0.3, -0.25) is 9.59 Å². The molecule has 0 fully saturated rings. The summed E-state index contributed by atoms with van der Waals surface area (Å²) in [6, 6.07) is 5.52. The Hall–Kier alpha value is -1.31. The number of carbonyl (C=O) groups is 2. The molecule has 0 aliphatic carbocycles. The zero-order chi connectivity index (χ0) is 14.3. The van der Waals surface area contributed by atoms with Gasteiger partial charge in [-0.15, -0.1) is 12.4 Å². The van der Waals surface area contributed by atoms with Gasteiger partial charge in [0.2, 0.25) is 11.8 Å². The van der Waals surface area contributed by atoms with Gasteiger partial charge in [0.15, 0.2) is 0 Å². The summed E-state index contributed by atoms with van der Waals surface area (Å²) in [6.07, 6.45) is 0. The Labute approximate surface area is 132 Å². The molecule has 0 saturated heterocycles. The van der Waals surface area contributed by atoms with Crippen LogP contribution in [0.5, 0.6) is 5.75 Å². The second kappa shape index (κ2) is 9.57. The lowest BCUT2D eigenvalue weighted by Crippen LogP contribution is -2.39. The van der Waals surface area contributed by atoms with Crippen molar-refractivity contribution in [3.05, 3.63) is 28.2 Å². The molecule has 1 aromatic rings. The van der Waals surface area contributed by atoms with Crippen LogP contribution in [-0.4, -0.2) is 32.0 Å². The number of nitrogens with one attached hydrogen (secondary N) is 2. The molecule has 2 amide bonds. The maximum atomic E-state index is 11.4. The maximum absolute atomic E-state index is 11.4. The van der Waals surface area contributed by atoms with E-state index in [9.17, 15) is 9.59 Å². The lowest BCUT2D eigenvalue weighted by molar-refractivity contribution is -0.125. The fourth-order valence-corrected chi connectivity index (χ4v) is 1.92. The quantitative estimate of drug-likeness (QED) is 0.686. The second-order valence-electron chi connectivity index (χ2n) is 3.73. The molecule has 0 radical (unpaired) electrons. The van der Waals surface area contributed by atoms with Crippen LogP contribution < -0.4 is 21.1 Å². The van der Waals surface area contributed by atoms with Crippen molar-refractivity contribution in [3.8, 4) is 5.75 Å². The van der Waals surface area contributed by atoms with Gasteiger partial charge >= 0.3 is 0 Å². The van der Waals surface area contributed by atoms with Crippen LogP contribution in [0.3, 0.4) is 0 Å². The minimum absolute atomic E-state index is 0. The van der Waals surface area contributed by atoms with E-state index < -0.39 is 0 Å². The van der Waals surface area contributed by atoms with Crippen molar-refractivity contribution >= 4 is 40.2 Å². The number of rotatable bonds is 6. The summed E-state index contributed by atoms with van der Waals surface area (Å²) < 4.78 is 5.93. The van der Waals surface area contributed by atoms with E-state index in [2.05, 4.69) is 26.6 Å². The number of hydrogen-bond acceptors (Lipinski definition) is 4. The van der Waals surface area contributed by atoms with Crippen molar-refractivity contribution in [2.75, 3.05) is 20.2 Å². The summed E-state index contributed by atoms with van der Waals surface area (Å²) in [4.78, 5) is 22.3. The average molecular weight is 367 g/mol. The van der Waals surface area contributed by atoms with Gasteiger partial charge in [0.05, 0.1) is 24.7 Å². The number of hydrogen-bond donors (Lipinski definition) is 3. The molecule has 0 heterocycles. The molecule has 0 aromatic heterocycles. The van der Waals surface area contributed by atoms with Gasteiger partial charge in [0, 0.05) is 6.54 Å². The number of methoxy groups -OCH3 is 1. The number of nitrogens with two attached hydrogens (primary N) is 1. The molecule has 0 aliphatic heterocycles. The van der Waals surface area contributed by atoms with E-state index >= 15 is 0 Å². The SMILES string of the molecule is COc1ccc(CNC(=O)CNC(=O)CN)cc1Br.Cl. The lowest BCUT2D eigenvalue weighted by atomic mass is 10.2. The molecule has 8 heteroatoms. The molecule has 20 heavy (non-hydrogen) atoms. The van der Waals surface area contributed by atoms with Crippen LogP contribution in [-0.2, 0) is 16.1 Å². The number of amides is 2. The van der Waals surface area contributed by atoms with Gasteiger partial charge in [-0.25, -0.2) is 0 Å². The molecule has 0 spiro atoms. The molecule has 1 rings (SSSR count). The van der Waals surface area contributed by atoms with Gasteiger partial charge in [-0.05, 0) is 33.6 Å². The summed E-state index contributed by atoms with van der Waals surface area (Å²) in [5, 5.41) is 5.08. The molecular weight excluding hydrogens is 350 g/mol. The Bertz CT molecular complexity index is 471. The minimum atomic E-state index is -0.359. The molecule has 4 N–H and O–H groups in total. The molecule has 112 valence electrons. The summed E-state index contributed by atoms with van der Waals surface area (Å²) in [6.45, 7) is 0.173. The first kappa shape index (κ1) is 18.7. The van der Waals surface area contributed by atoms with Gasteiger partial charge in [0.1, 0.15) is 5.75 Å². The van der Waals surface area contributed by atoms with E-state index in [1.165, 1.54) is 0 Å². The highest BCUT2D eigenvalue weighted by molar-refractivity contribution is 9.10. The predicted molar refractivity (Wildman–Crippen MR) is 81.9 cm³/mol. The van der Waals surface area contributed by atoms with Gasteiger partial charge in [-0.2, -0.15) is 0 Å². The standard InChI is InChI=1S/C12H16BrN3O3.ClH/c1-19-10-3-2-8(4-9(10)13)6-15-12(18)7-16-11(17)5-14;/h2-4H,5-7,14H2,1H3,(H,15,18)(H,16,17);1H. The lowest BCUT2D eigenvalue weighted by Gasteiger charge is -2.08. The first-order chi connectivity index (χ1) is 9.06. The average Bonchev–Trinajstić information content (AvgIpc) is 2.42. The van der Waals surface area contributed by atoms with Crippen molar-refractivity contribution < 1.29 is 14.3 Å². The highest BCUT2D eigenvalue weighted by atomic mass is 79.9. The van der Waals surface area contributed by atoms with E-state index in [0.717, 1.165) is 15.8 Å². The molecular formula is C12H17BrClN3O3. The molecule has 0 aliphatic rings. The smallest absolute Gasteiger partial charge is 0.239 e. The molecule has 0 saturated carbocycles. The molecule has 6 nitrogen and oxygen atoms in total. The molecule has 0 unspecified atom stereocenters. The largest absolute Gasteiger partial charge is 0.496 e. The third-order valence-corrected chi connectivity index (χ3v) is 2.96. The highest BCUT2D eigenvalue weighted by Crippen LogP contribution is 2.25. The summed E-state index contributed by atoms with van der Waals surface area (Å²) in [5.41, 5.74) is 6.03. The second-order valence-corrected chi connectivity index (χ2v) is 4.58. The monoisotopic (exact) mass is 365 g/mol. The van der Waals surface area contributed by atoms with Crippen molar-refractivity contribution in [3.63, 3.8) is 0 Å². The van der Waals surface area contributed by atoms with E-state index in [1.54, 1.807) is 7.11 Å². The van der Waals surface area contributed by atoms with Crippen LogP contribution in [0.1, 0.15) is 5.56 Å². The maximum Gasteiger partial charge on any atom is 0.239 e. The van der Waals surface area contributed by atoms with E-state index in [0.29, 0.717) is 6.54 Å². The summed E-state index contributed by atoms with van der Waals surface area (Å²) in [7, 11) is 1.58. The Balaban J connectivity index is 0.00000361. The fourth-order valence-electron chi connectivity index (χ4n) is 1.33. The molecule has 0 bridgehead atoms. The van der Waals surface area contributed by atoms with E-state index in [4.69, 9.17) is 10.5 Å². The number of carbonyl (C=O) groups excluding carboxylic acids is 2. The third-order valence-electron chi connectivity index (χ3n) is 2.34. The van der Waals surface area contributed by atoms with Crippen LogP contribution in [0.25, 0.3) is 0 Å². The van der Waals surface area contributed by atoms with Crippen LogP contribution in [0.2, 0.25) is 0 Å². The Morgan fingerprint density at radius 1 is 1.30 bits per heavy atom. The Morgan fingerprint density at radius 3 is 2.55 bits per heavy atom. The zero-order valence-corrected chi connectivity index (χ0v) is 13.3. The number of benzene rings is 1. The highest BCUT2D eigenvalue weighted by Gasteiger charge is 2.05.